The molecule has 1 aliphatic rings. The molecule has 0 aliphatic carbocycles. The van der Waals surface area contributed by atoms with Crippen molar-refractivity contribution in [2.24, 2.45) is 5.41 Å². The fraction of sp³-hybridized carbons (Fsp3) is 0.480. The summed E-state index contributed by atoms with van der Waals surface area (Å²) in [5.74, 6) is 0.0234. The van der Waals surface area contributed by atoms with Gasteiger partial charge in [0.05, 0.1) is 15.2 Å². The van der Waals surface area contributed by atoms with Crippen molar-refractivity contribution in [3.63, 3.8) is 0 Å². The van der Waals surface area contributed by atoms with E-state index in [-0.39, 0.29) is 22.3 Å². The highest BCUT2D eigenvalue weighted by molar-refractivity contribution is 7.99. The Balaban J connectivity index is 1.79. The summed E-state index contributed by atoms with van der Waals surface area (Å²) in [6, 6.07) is 13.4. The van der Waals surface area contributed by atoms with E-state index in [1.807, 2.05) is 49.3 Å². The second-order valence-electron chi connectivity index (χ2n) is 9.60. The molecule has 12 heteroatoms. The first-order valence-electron chi connectivity index (χ1n) is 12.0. The molecule has 1 atom stereocenters. The minimum Gasteiger partial charge on any atom is -0.381 e. The van der Waals surface area contributed by atoms with Crippen LogP contribution in [0.4, 0.5) is 11.4 Å². The van der Waals surface area contributed by atoms with Crippen molar-refractivity contribution in [2.75, 3.05) is 44.9 Å². The predicted octanol–water partition coefficient (Wildman–Crippen LogP) is 3.74. The van der Waals surface area contributed by atoms with Crippen molar-refractivity contribution in [2.45, 2.75) is 42.0 Å². The number of benzene rings is 2. The first-order valence-corrected chi connectivity index (χ1v) is 14.5. The molecule has 2 N–H and O–H groups in total. The Hall–Kier alpha value is -2.67. The van der Waals surface area contributed by atoms with E-state index in [9.17, 15) is 23.3 Å². The molecule has 0 aromatic heterocycles. The Morgan fingerprint density at radius 2 is 1.86 bits per heavy atom. The normalized spacial score (nSPS) is 16.2. The molecule has 3 rings (SSSR count). The van der Waals surface area contributed by atoms with Crippen molar-refractivity contribution >= 4 is 39.1 Å². The molecule has 1 saturated heterocycles. The van der Waals surface area contributed by atoms with Gasteiger partial charge in [0, 0.05) is 36.0 Å². The van der Waals surface area contributed by atoms with E-state index in [0.29, 0.717) is 31.8 Å². The van der Waals surface area contributed by atoms with E-state index in [1.165, 1.54) is 12.1 Å². The van der Waals surface area contributed by atoms with Gasteiger partial charge in [0.1, 0.15) is 5.69 Å². The maximum Gasteiger partial charge on any atom is 0.293 e. The van der Waals surface area contributed by atoms with Crippen molar-refractivity contribution in [1.82, 2.24) is 9.62 Å². The number of thioether (sulfide) groups is 1. The molecule has 0 saturated carbocycles. The number of hydrogen-bond donors (Lipinski definition) is 2. The summed E-state index contributed by atoms with van der Waals surface area (Å²) in [5, 5.41) is 15.2. The molecule has 0 bridgehead atoms. The van der Waals surface area contributed by atoms with Crippen molar-refractivity contribution < 1.29 is 22.9 Å². The van der Waals surface area contributed by atoms with Gasteiger partial charge in [0.2, 0.25) is 5.91 Å². The van der Waals surface area contributed by atoms with Crippen LogP contribution in [0, 0.1) is 15.5 Å². The van der Waals surface area contributed by atoms with E-state index in [2.05, 4.69) is 10.0 Å². The molecule has 0 radical (unpaired) electrons. The van der Waals surface area contributed by atoms with Crippen LogP contribution in [0.15, 0.2) is 58.3 Å². The zero-order valence-electron chi connectivity index (χ0n) is 21.3. The Labute approximate surface area is 222 Å². The molecule has 0 unspecified atom stereocenters. The summed E-state index contributed by atoms with van der Waals surface area (Å²) < 4.78 is 33.3. The second-order valence-corrected chi connectivity index (χ2v) is 12.4. The number of anilines is 1. The number of sulfonamides is 1. The highest BCUT2D eigenvalue weighted by Gasteiger charge is 2.37. The second kappa shape index (κ2) is 12.7. The summed E-state index contributed by atoms with van der Waals surface area (Å²) in [6.45, 7) is 3.20. The molecule has 0 spiro atoms. The Bertz CT molecular complexity index is 1180. The number of nitro groups is 1. The number of amides is 1. The van der Waals surface area contributed by atoms with Gasteiger partial charge in [-0.3, -0.25) is 14.9 Å². The van der Waals surface area contributed by atoms with Crippen molar-refractivity contribution in [3.8, 4) is 0 Å². The summed E-state index contributed by atoms with van der Waals surface area (Å²) in [6.07, 6.45) is 1.52. The van der Waals surface area contributed by atoms with E-state index in [1.54, 1.807) is 18.7 Å². The first-order chi connectivity index (χ1) is 17.5. The standard InChI is InChI=1S/C25H34N4O6S2/c1-25(12-15-35-16-13-25)24(30)27-37(33,34)21-9-10-22(23(17-21)29(31)32)26-19(11-14-28(2)3)18-36-20-7-5-4-6-8-20/h4-10,17,19,26H,11-16,18H2,1-3H3,(H,27,30)/t19-/m1/s1. The number of nitro benzene ring substituents is 1. The summed E-state index contributed by atoms with van der Waals surface area (Å²) in [4.78, 5) is 26.8. The van der Waals surface area contributed by atoms with Crippen molar-refractivity contribution in [1.29, 1.82) is 0 Å². The molecule has 202 valence electrons. The summed E-state index contributed by atoms with van der Waals surface area (Å²) in [7, 11) is -0.385. The lowest BCUT2D eigenvalue weighted by molar-refractivity contribution is -0.384. The fourth-order valence-corrected chi connectivity index (χ4v) is 5.97. The summed E-state index contributed by atoms with van der Waals surface area (Å²) >= 11 is 1.64. The average molecular weight is 551 g/mol. The van der Waals surface area contributed by atoms with Crippen LogP contribution in [-0.4, -0.2) is 69.8 Å². The van der Waals surface area contributed by atoms with Gasteiger partial charge in [0.15, 0.2) is 0 Å². The lowest BCUT2D eigenvalue weighted by Gasteiger charge is -2.31. The third kappa shape index (κ3) is 8.16. The zero-order chi connectivity index (χ0) is 27.1. The first kappa shape index (κ1) is 28.9. The number of nitrogens with one attached hydrogen (secondary N) is 2. The minimum atomic E-state index is -4.30. The highest BCUT2D eigenvalue weighted by atomic mass is 32.2. The van der Waals surface area contributed by atoms with Gasteiger partial charge >= 0.3 is 0 Å². The number of ether oxygens (including phenoxy) is 1. The van der Waals surface area contributed by atoms with Crippen LogP contribution < -0.4 is 10.0 Å². The van der Waals surface area contributed by atoms with Crippen LogP contribution in [0.2, 0.25) is 0 Å². The SMILES string of the molecule is CN(C)CC[C@H](CSc1ccccc1)Nc1ccc(S(=O)(=O)NC(=O)C2(C)CCOCC2)cc1[N+](=O)[O-]. The third-order valence-corrected chi connectivity index (χ3v) is 8.83. The highest BCUT2D eigenvalue weighted by Crippen LogP contribution is 2.32. The van der Waals surface area contributed by atoms with E-state index in [0.717, 1.165) is 23.9 Å². The topological polar surface area (TPSA) is 131 Å². The summed E-state index contributed by atoms with van der Waals surface area (Å²) in [5.41, 5.74) is -1.02. The van der Waals surface area contributed by atoms with Crippen LogP contribution in [0.1, 0.15) is 26.2 Å². The quantitative estimate of drug-likeness (QED) is 0.230. The Morgan fingerprint density at radius 1 is 1.19 bits per heavy atom. The van der Waals surface area contributed by atoms with Crippen LogP contribution in [0.25, 0.3) is 0 Å². The smallest absolute Gasteiger partial charge is 0.293 e. The predicted molar refractivity (Wildman–Crippen MR) is 144 cm³/mol. The Kier molecular flexibility index (Phi) is 9.93. The molecule has 1 amide bonds. The molecule has 2 aromatic carbocycles. The molecule has 2 aromatic rings. The average Bonchev–Trinajstić information content (AvgIpc) is 2.86. The van der Waals surface area contributed by atoms with E-state index < -0.39 is 26.3 Å². The van der Waals surface area contributed by atoms with Gasteiger partial charge in [-0.05, 0) is 64.2 Å². The van der Waals surface area contributed by atoms with Crippen LogP contribution >= 0.6 is 11.8 Å². The van der Waals surface area contributed by atoms with Gasteiger partial charge < -0.3 is 15.0 Å². The van der Waals surface area contributed by atoms with Gasteiger partial charge in [-0.15, -0.1) is 11.8 Å². The van der Waals surface area contributed by atoms with E-state index >= 15 is 0 Å². The molecule has 1 aliphatic heterocycles. The number of carbonyl (C=O) groups is 1. The van der Waals surface area contributed by atoms with Crippen LogP contribution in [-0.2, 0) is 19.6 Å². The third-order valence-electron chi connectivity index (χ3n) is 6.33. The number of hydrogen-bond acceptors (Lipinski definition) is 9. The van der Waals surface area contributed by atoms with Gasteiger partial charge in [-0.1, -0.05) is 25.1 Å². The number of rotatable bonds is 12. The number of nitrogens with zero attached hydrogens (tertiary/aromatic N) is 2. The van der Waals surface area contributed by atoms with Gasteiger partial charge in [0.25, 0.3) is 15.7 Å². The molecular weight excluding hydrogens is 516 g/mol. The van der Waals surface area contributed by atoms with E-state index in [4.69, 9.17) is 4.74 Å². The maximum atomic E-state index is 13.0. The zero-order valence-corrected chi connectivity index (χ0v) is 22.9. The molecule has 37 heavy (non-hydrogen) atoms. The lowest BCUT2D eigenvalue weighted by Crippen LogP contribution is -2.44. The monoisotopic (exact) mass is 550 g/mol. The lowest BCUT2D eigenvalue weighted by atomic mass is 9.82. The van der Waals surface area contributed by atoms with Gasteiger partial charge in [-0.2, -0.15) is 0 Å². The van der Waals surface area contributed by atoms with Crippen LogP contribution in [0.3, 0.4) is 0 Å². The molecular formula is C25H34N4O6S2. The molecule has 1 heterocycles. The number of carbonyl (C=O) groups excluding carboxylic acids is 1. The minimum absolute atomic E-state index is 0.109. The molecule has 1 fully saturated rings. The van der Waals surface area contributed by atoms with Crippen LogP contribution in [0.5, 0.6) is 0 Å². The largest absolute Gasteiger partial charge is 0.381 e. The maximum absolute atomic E-state index is 13.0. The molecule has 10 nitrogen and oxygen atoms in total. The fourth-order valence-electron chi connectivity index (χ4n) is 3.85. The Morgan fingerprint density at radius 3 is 2.49 bits per heavy atom. The van der Waals surface area contributed by atoms with Crippen molar-refractivity contribution in [3.05, 3.63) is 58.6 Å². The van der Waals surface area contributed by atoms with Gasteiger partial charge in [-0.25, -0.2) is 13.1 Å².